The van der Waals surface area contributed by atoms with Crippen LogP contribution in [-0.4, -0.2) is 48.9 Å². The number of piperidine rings is 1. The van der Waals surface area contributed by atoms with E-state index >= 15 is 0 Å². The molecule has 3 aromatic heterocycles. The Bertz CT molecular complexity index is 1160. The molecule has 1 saturated heterocycles. The van der Waals surface area contributed by atoms with E-state index in [0.29, 0.717) is 48.0 Å². The Kier molecular flexibility index (Phi) is 5.20. The van der Waals surface area contributed by atoms with Crippen molar-refractivity contribution in [1.29, 1.82) is 0 Å². The molecule has 0 unspecified atom stereocenters. The summed E-state index contributed by atoms with van der Waals surface area (Å²) in [5.74, 6) is -0.0506. The molecule has 0 radical (unpaired) electrons. The summed E-state index contributed by atoms with van der Waals surface area (Å²) in [5.41, 5.74) is -0.569. The summed E-state index contributed by atoms with van der Waals surface area (Å²) in [6.07, 6.45) is -0.0547. The first-order valence-electron chi connectivity index (χ1n) is 10.9. The minimum Gasteiger partial charge on any atom is -0.355 e. The van der Waals surface area contributed by atoms with Crippen LogP contribution < -0.4 is 10.2 Å². The van der Waals surface area contributed by atoms with E-state index in [4.69, 9.17) is 4.52 Å². The number of alkyl halides is 3. The number of nitrogens with zero attached hydrogens (tertiary/aromatic N) is 7. The van der Waals surface area contributed by atoms with Crippen LogP contribution in [0.5, 0.6) is 0 Å². The molecule has 13 heteroatoms. The lowest BCUT2D eigenvalue weighted by molar-refractivity contribution is -0.146. The lowest BCUT2D eigenvalue weighted by atomic mass is 9.91. The summed E-state index contributed by atoms with van der Waals surface area (Å²) < 4.78 is 45.3. The van der Waals surface area contributed by atoms with Gasteiger partial charge in [0.15, 0.2) is 11.5 Å². The van der Waals surface area contributed by atoms with E-state index in [0.717, 1.165) is 25.7 Å². The highest BCUT2D eigenvalue weighted by molar-refractivity contribution is 5.80. The lowest BCUT2D eigenvalue weighted by Crippen LogP contribution is -2.49. The Morgan fingerprint density at radius 1 is 1.18 bits per heavy atom. The third-order valence-electron chi connectivity index (χ3n) is 6.47. The van der Waals surface area contributed by atoms with Crippen LogP contribution in [0.15, 0.2) is 16.7 Å². The second-order valence-electron chi connectivity index (χ2n) is 8.66. The van der Waals surface area contributed by atoms with Gasteiger partial charge in [0.25, 0.3) is 5.82 Å². The van der Waals surface area contributed by atoms with Crippen molar-refractivity contribution in [2.45, 2.75) is 57.2 Å². The molecule has 1 amide bonds. The Labute approximate surface area is 186 Å². The van der Waals surface area contributed by atoms with Gasteiger partial charge in [-0.15, -0.1) is 15.3 Å². The second kappa shape index (κ2) is 7.96. The predicted octanol–water partition coefficient (Wildman–Crippen LogP) is 2.64. The van der Waals surface area contributed by atoms with Crippen LogP contribution >= 0.6 is 0 Å². The van der Waals surface area contributed by atoms with Crippen molar-refractivity contribution in [2.75, 3.05) is 18.0 Å². The largest absolute Gasteiger partial charge is 0.453 e. The summed E-state index contributed by atoms with van der Waals surface area (Å²) in [6.45, 7) is 2.71. The number of hydrogen-bond donors (Lipinski definition) is 1. The summed E-state index contributed by atoms with van der Waals surface area (Å²) in [6, 6.07) is 3.08. The Balaban J connectivity index is 1.27. The van der Waals surface area contributed by atoms with Crippen LogP contribution in [0.1, 0.15) is 56.1 Å². The number of fused-ring (bicyclic) bond motifs is 1. The fourth-order valence-electron chi connectivity index (χ4n) is 4.71. The highest BCUT2D eigenvalue weighted by Crippen LogP contribution is 2.38. The topological polar surface area (TPSA) is 114 Å². The maximum absolute atomic E-state index is 13.2. The first-order chi connectivity index (χ1) is 15.7. The quantitative estimate of drug-likeness (QED) is 0.627. The first-order valence-corrected chi connectivity index (χ1v) is 10.9. The van der Waals surface area contributed by atoms with Gasteiger partial charge < -0.3 is 14.7 Å². The zero-order valence-electron chi connectivity index (χ0n) is 18.0. The molecule has 2 fully saturated rings. The molecule has 33 heavy (non-hydrogen) atoms. The summed E-state index contributed by atoms with van der Waals surface area (Å²) in [4.78, 5) is 19.3. The molecule has 2 aliphatic rings. The fraction of sp³-hybridized carbons (Fsp3) is 0.600. The van der Waals surface area contributed by atoms with E-state index < -0.39 is 17.5 Å². The first kappa shape index (κ1) is 21.6. The van der Waals surface area contributed by atoms with Crippen molar-refractivity contribution in [3.8, 4) is 0 Å². The molecule has 1 saturated carbocycles. The molecule has 10 nitrogen and oxygen atoms in total. The van der Waals surface area contributed by atoms with Crippen molar-refractivity contribution in [3.63, 3.8) is 0 Å². The van der Waals surface area contributed by atoms with E-state index in [1.807, 2.05) is 4.90 Å². The molecular formula is C20H23F3N8O2. The summed E-state index contributed by atoms with van der Waals surface area (Å²) >= 11 is 0. The average molecular weight is 464 g/mol. The zero-order chi connectivity index (χ0) is 23.2. The van der Waals surface area contributed by atoms with Gasteiger partial charge in [0.2, 0.25) is 11.8 Å². The fourth-order valence-corrected chi connectivity index (χ4v) is 4.71. The van der Waals surface area contributed by atoms with Crippen molar-refractivity contribution in [3.05, 3.63) is 29.7 Å². The number of hydrogen-bond acceptors (Lipinski definition) is 8. The van der Waals surface area contributed by atoms with Gasteiger partial charge >= 0.3 is 6.18 Å². The van der Waals surface area contributed by atoms with E-state index in [-0.39, 0.29) is 17.5 Å². The number of aryl methyl sites for hydroxylation is 1. The predicted molar refractivity (Wildman–Crippen MR) is 108 cm³/mol. The molecule has 1 aliphatic heterocycles. The van der Waals surface area contributed by atoms with Crippen LogP contribution in [-0.2, 0) is 16.5 Å². The number of rotatable bonds is 4. The lowest BCUT2D eigenvalue weighted by Gasteiger charge is -2.34. The molecule has 0 aromatic carbocycles. The van der Waals surface area contributed by atoms with E-state index in [1.165, 1.54) is 6.07 Å². The minimum atomic E-state index is -4.65. The van der Waals surface area contributed by atoms with Crippen LogP contribution in [0.3, 0.4) is 0 Å². The van der Waals surface area contributed by atoms with E-state index in [9.17, 15) is 18.0 Å². The van der Waals surface area contributed by atoms with E-state index in [1.54, 1.807) is 13.0 Å². The highest BCUT2D eigenvalue weighted by atomic mass is 19.4. The molecular weight excluding hydrogens is 441 g/mol. The van der Waals surface area contributed by atoms with Crippen LogP contribution in [0, 0.1) is 12.8 Å². The maximum atomic E-state index is 13.2. The Morgan fingerprint density at radius 3 is 2.55 bits per heavy atom. The number of amides is 1. The smallest absolute Gasteiger partial charge is 0.355 e. The van der Waals surface area contributed by atoms with Crippen molar-refractivity contribution in [2.24, 2.45) is 5.92 Å². The number of carbonyl (C=O) groups excluding carboxylic acids is 1. The number of halogens is 3. The molecule has 0 spiro atoms. The monoisotopic (exact) mass is 464 g/mol. The van der Waals surface area contributed by atoms with Crippen molar-refractivity contribution >= 4 is 17.4 Å². The minimum absolute atomic E-state index is 0.0268. The number of nitrogens with one attached hydrogen (secondary N) is 1. The molecule has 0 atom stereocenters. The molecule has 1 aliphatic carbocycles. The standard InChI is InChI=1S/C20H23F3N8O2/c1-12-24-17(29-33-12)19(8-2-3-9-19)25-16(32)13-6-10-30(11-7-13)15-5-4-14-26-27-18(20(21,22)23)31(14)28-15/h4-5,13H,2-3,6-11H2,1H3,(H,25,32). The third-order valence-corrected chi connectivity index (χ3v) is 6.47. The van der Waals surface area contributed by atoms with Gasteiger partial charge in [-0.3, -0.25) is 4.79 Å². The van der Waals surface area contributed by atoms with Crippen LogP contribution in [0.4, 0.5) is 19.0 Å². The number of aromatic nitrogens is 6. The van der Waals surface area contributed by atoms with E-state index in [2.05, 4.69) is 30.8 Å². The Morgan fingerprint density at radius 2 is 1.91 bits per heavy atom. The third kappa shape index (κ3) is 4.00. The molecule has 1 N–H and O–H groups in total. The van der Waals surface area contributed by atoms with Gasteiger partial charge in [-0.1, -0.05) is 18.0 Å². The second-order valence-corrected chi connectivity index (χ2v) is 8.66. The average Bonchev–Trinajstić information content (AvgIpc) is 3.53. The highest BCUT2D eigenvalue weighted by Gasteiger charge is 2.43. The normalized spacial score (nSPS) is 19.3. The van der Waals surface area contributed by atoms with Gasteiger partial charge in [0.05, 0.1) is 0 Å². The van der Waals surface area contributed by atoms with Crippen molar-refractivity contribution in [1.82, 2.24) is 35.3 Å². The van der Waals surface area contributed by atoms with Gasteiger partial charge in [0, 0.05) is 25.9 Å². The van der Waals surface area contributed by atoms with Crippen LogP contribution in [0.2, 0.25) is 0 Å². The zero-order valence-corrected chi connectivity index (χ0v) is 18.0. The molecule has 5 rings (SSSR count). The van der Waals surface area contributed by atoms with Gasteiger partial charge in [-0.2, -0.15) is 22.7 Å². The SMILES string of the molecule is Cc1nc(C2(NC(=O)C3CCN(c4ccc5nnc(C(F)(F)F)n5n4)CC3)CCCC2)no1. The number of carbonyl (C=O) groups is 1. The Hall–Kier alpha value is -3.25. The summed E-state index contributed by atoms with van der Waals surface area (Å²) in [5, 5.41) is 18.1. The van der Waals surface area contributed by atoms with Crippen LogP contribution in [0.25, 0.3) is 5.65 Å². The van der Waals surface area contributed by atoms with Gasteiger partial charge in [-0.05, 0) is 37.8 Å². The molecule has 176 valence electrons. The van der Waals surface area contributed by atoms with Gasteiger partial charge in [0.1, 0.15) is 11.4 Å². The number of anilines is 1. The van der Waals surface area contributed by atoms with Crippen molar-refractivity contribution < 1.29 is 22.5 Å². The maximum Gasteiger partial charge on any atom is 0.453 e. The molecule has 3 aromatic rings. The summed E-state index contributed by atoms with van der Waals surface area (Å²) in [7, 11) is 0. The molecule has 4 heterocycles. The van der Waals surface area contributed by atoms with Gasteiger partial charge in [-0.25, -0.2) is 0 Å². The molecule has 0 bridgehead atoms.